The maximum atomic E-state index is 2.57. The van der Waals surface area contributed by atoms with E-state index in [2.05, 4.69) is 70.7 Å². The fourth-order valence-electron chi connectivity index (χ4n) is 0. The molecule has 0 spiro atoms. The van der Waals surface area contributed by atoms with Crippen LogP contribution in [0, 0.1) is 0 Å². The van der Waals surface area contributed by atoms with E-state index in [-0.39, 0.29) is 58.2 Å². The van der Waals surface area contributed by atoms with Gasteiger partial charge in [-0.3, -0.25) is 0 Å². The summed E-state index contributed by atoms with van der Waals surface area (Å²) in [7, 11) is 0. The minimum absolute atomic E-state index is 0. The molecule has 0 unspecified atom stereocenters. The van der Waals surface area contributed by atoms with Gasteiger partial charge < -0.3 is 0 Å². The third-order valence-corrected chi connectivity index (χ3v) is 0. The SMILES string of the molecule is [I][Hg]([I])([I])[I].[RbH]. The van der Waals surface area contributed by atoms with Gasteiger partial charge in [-0.2, -0.15) is 0 Å². The zero-order valence-corrected chi connectivity index (χ0v) is 16.3. The molecule has 0 amide bonds. The molecule has 6 heavy (non-hydrogen) atoms. The van der Waals surface area contributed by atoms with Gasteiger partial charge in [-0.25, -0.2) is 0 Å². The van der Waals surface area contributed by atoms with E-state index in [1.165, 1.54) is 0 Å². The quantitative estimate of drug-likeness (QED) is 0.262. The number of hydrogen-bond donors (Lipinski definition) is 0. The average Bonchev–Trinajstić information content (AvgIpc) is 0.722. The van der Waals surface area contributed by atoms with Gasteiger partial charge in [-0.15, -0.1) is 0 Å². The van der Waals surface area contributed by atoms with Gasteiger partial charge in [0.05, 0.1) is 0 Å². The van der Waals surface area contributed by atoms with Gasteiger partial charge in [0, 0.05) is 0 Å². The molecular formula is HHgI4Rb. The van der Waals surface area contributed by atoms with Gasteiger partial charge in [0.2, 0.25) is 0 Å². The fourth-order valence-corrected chi connectivity index (χ4v) is 0. The molecule has 0 saturated heterocycles. The van der Waals surface area contributed by atoms with E-state index in [1.54, 1.807) is 0 Å². The van der Waals surface area contributed by atoms with Crippen LogP contribution in [0.25, 0.3) is 0 Å². The number of rotatable bonds is 0. The first-order valence-electron chi connectivity index (χ1n) is 1.07. The van der Waals surface area contributed by atoms with Crippen molar-refractivity contribution in [2.24, 2.45) is 0 Å². The molecule has 0 aromatic rings. The van der Waals surface area contributed by atoms with Crippen LogP contribution in [0.5, 0.6) is 0 Å². The van der Waals surface area contributed by atoms with E-state index < -0.39 is 4.17 Å². The molecule has 0 rings (SSSR count). The zero-order valence-electron chi connectivity index (χ0n) is 2.22. The van der Waals surface area contributed by atoms with E-state index in [1.807, 2.05) is 0 Å². The molecule has 0 heterocycles. The molecule has 0 radical (unpaired) electrons. The molecule has 0 aromatic heterocycles. The summed E-state index contributed by atoms with van der Waals surface area (Å²) in [4.78, 5) is 0. The predicted molar refractivity (Wildman–Crippen MR) is 63.2 cm³/mol. The molecule has 0 nitrogen and oxygen atoms in total. The van der Waals surface area contributed by atoms with Crippen LogP contribution < -0.4 is 0 Å². The summed E-state index contributed by atoms with van der Waals surface area (Å²) in [6.07, 6.45) is 0. The van der Waals surface area contributed by atoms with Crippen LogP contribution in [0.4, 0.5) is 0 Å². The summed E-state index contributed by atoms with van der Waals surface area (Å²) in [5.74, 6) is 0. The summed E-state index contributed by atoms with van der Waals surface area (Å²) in [5.41, 5.74) is 0. The Morgan fingerprint density at radius 1 is 0.833 bits per heavy atom. The van der Waals surface area contributed by atoms with Crippen LogP contribution in [0.15, 0.2) is 0 Å². The van der Waals surface area contributed by atoms with Crippen molar-refractivity contribution in [3.63, 3.8) is 0 Å². The second-order valence-electron chi connectivity index (χ2n) is 0.606. The Balaban J connectivity index is 0. The molecule has 32 valence electrons. The normalized spacial score (nSPS) is 7.33. The van der Waals surface area contributed by atoms with Crippen molar-refractivity contribution in [2.75, 3.05) is 0 Å². The van der Waals surface area contributed by atoms with Crippen LogP contribution in [-0.4, -0.2) is 58.2 Å². The van der Waals surface area contributed by atoms with Crippen molar-refractivity contribution in [3.05, 3.63) is 0 Å². The second kappa shape index (κ2) is 7.32. The average molecular weight is 795 g/mol. The summed E-state index contributed by atoms with van der Waals surface area (Å²) < 4.78 is -1.51. The van der Waals surface area contributed by atoms with Gasteiger partial charge >= 0.3 is 133 Å². The summed E-state index contributed by atoms with van der Waals surface area (Å²) in [6.45, 7) is 0. The molecule has 0 saturated carbocycles. The summed E-state index contributed by atoms with van der Waals surface area (Å²) >= 11 is 10.3. The number of halogens is 4. The molecule has 6 heteroatoms. The predicted octanol–water partition coefficient (Wildman–Crippen LogP) is 2.89. The van der Waals surface area contributed by atoms with Crippen molar-refractivity contribution in [2.45, 2.75) is 0 Å². The molecule has 0 aliphatic heterocycles. The van der Waals surface area contributed by atoms with Crippen molar-refractivity contribution >= 4 is 129 Å². The first kappa shape index (κ1) is 14.2. The molecule has 0 bridgehead atoms. The van der Waals surface area contributed by atoms with Crippen LogP contribution in [0.1, 0.15) is 0 Å². The Morgan fingerprint density at radius 3 is 0.833 bits per heavy atom. The zero-order chi connectivity index (χ0) is 4.50. The Labute approximate surface area is 127 Å². The van der Waals surface area contributed by atoms with E-state index in [4.69, 9.17) is 0 Å². The van der Waals surface area contributed by atoms with Crippen LogP contribution in [0.3, 0.4) is 0 Å². The van der Waals surface area contributed by atoms with Crippen molar-refractivity contribution in [3.8, 4) is 0 Å². The van der Waals surface area contributed by atoms with Gasteiger partial charge in [0.15, 0.2) is 0 Å². The van der Waals surface area contributed by atoms with E-state index in [0.717, 1.165) is 0 Å². The Hall–Kier alpha value is 5.66. The molecule has 0 aliphatic carbocycles. The number of hydrogen-bond acceptors (Lipinski definition) is 0. The maximum absolute atomic E-state index is 2.57. The third kappa shape index (κ3) is 22.6. The van der Waals surface area contributed by atoms with E-state index in [0.29, 0.717) is 0 Å². The van der Waals surface area contributed by atoms with Crippen LogP contribution in [-0.2, 0) is 4.17 Å². The molecular weight excluding hydrogens is 794 g/mol. The van der Waals surface area contributed by atoms with Gasteiger partial charge in [0.1, 0.15) is 0 Å². The van der Waals surface area contributed by atoms with Crippen LogP contribution in [0.2, 0.25) is 0 Å². The summed E-state index contributed by atoms with van der Waals surface area (Å²) in [6, 6.07) is 0. The fraction of sp³-hybridized carbons (Fsp3) is 0. The minimum atomic E-state index is -1.51. The molecule has 0 fully saturated rings. The molecule has 0 aromatic carbocycles. The Kier molecular flexibility index (Phi) is 17.3. The standard InChI is InChI=1S/Hg.4HI.Rb.H/h;4*1H;;/q+4;;;;;;/p-4. The van der Waals surface area contributed by atoms with Gasteiger partial charge in [-0.1, -0.05) is 0 Å². The van der Waals surface area contributed by atoms with Crippen molar-refractivity contribution < 1.29 is 4.17 Å². The van der Waals surface area contributed by atoms with E-state index >= 15 is 0 Å². The van der Waals surface area contributed by atoms with Crippen molar-refractivity contribution in [1.82, 2.24) is 0 Å². The summed E-state index contributed by atoms with van der Waals surface area (Å²) in [5, 5.41) is 0. The third-order valence-electron chi connectivity index (χ3n) is 0. The van der Waals surface area contributed by atoms with E-state index in [9.17, 15) is 0 Å². The molecule has 0 atom stereocenters. The second-order valence-corrected chi connectivity index (χ2v) is 239. The van der Waals surface area contributed by atoms with Gasteiger partial charge in [0.25, 0.3) is 0 Å². The van der Waals surface area contributed by atoms with Crippen molar-refractivity contribution in [1.29, 1.82) is 0 Å². The Morgan fingerprint density at radius 2 is 0.833 bits per heavy atom. The monoisotopic (exact) mass is 796 g/mol. The van der Waals surface area contributed by atoms with Gasteiger partial charge in [-0.05, 0) is 0 Å². The Bertz CT molecular complexity index is 23.0. The first-order valence-corrected chi connectivity index (χ1v) is 62.9. The first-order chi connectivity index (χ1) is 2.00. The molecule has 0 aliphatic rings. The molecule has 0 N–H and O–H groups in total. The topological polar surface area (TPSA) is 0 Å². The van der Waals surface area contributed by atoms with Crippen LogP contribution >= 0.6 is 70.7 Å².